The van der Waals surface area contributed by atoms with Crippen molar-refractivity contribution >= 4 is 5.91 Å². The highest BCUT2D eigenvalue weighted by molar-refractivity contribution is 5.76. The van der Waals surface area contributed by atoms with Gasteiger partial charge < -0.3 is 15.5 Å². The third-order valence-electron chi connectivity index (χ3n) is 14.4. The molecule has 0 fully saturated rings. The first-order valence-electron chi connectivity index (χ1n) is 31.8. The van der Waals surface area contributed by atoms with Crippen LogP contribution < -0.4 is 5.32 Å². The molecule has 0 aromatic heterocycles. The molecular weight excluding hydrogens is 879 g/mol. The Morgan fingerprint density at radius 2 is 0.625 bits per heavy atom. The minimum absolute atomic E-state index is 0.0745. The Bertz CT molecular complexity index is 1270. The van der Waals surface area contributed by atoms with E-state index in [1.165, 1.54) is 238 Å². The number of carbonyl (C=O) groups excluding carboxylic acids is 1. The smallest absolute Gasteiger partial charge is 0.220 e. The Hall–Kier alpha value is -2.43. The lowest BCUT2D eigenvalue weighted by atomic mass is 10.0. The van der Waals surface area contributed by atoms with Crippen LogP contribution in [-0.4, -0.2) is 34.9 Å². The molecule has 0 aromatic carbocycles. The number of carbonyl (C=O) groups is 1. The van der Waals surface area contributed by atoms with E-state index in [1.807, 2.05) is 6.08 Å². The maximum absolute atomic E-state index is 12.5. The second kappa shape index (κ2) is 62.9. The molecule has 4 heteroatoms. The van der Waals surface area contributed by atoms with Crippen molar-refractivity contribution in [3.05, 3.63) is 85.1 Å². The number of amides is 1. The van der Waals surface area contributed by atoms with Crippen LogP contribution in [-0.2, 0) is 4.79 Å². The minimum atomic E-state index is -0.869. The van der Waals surface area contributed by atoms with Gasteiger partial charge in [0.2, 0.25) is 5.91 Å². The molecule has 4 nitrogen and oxygen atoms in total. The van der Waals surface area contributed by atoms with Gasteiger partial charge in [-0.25, -0.2) is 0 Å². The molecule has 2 atom stereocenters. The Morgan fingerprint density at radius 1 is 0.347 bits per heavy atom. The number of hydrogen-bond donors (Lipinski definition) is 3. The van der Waals surface area contributed by atoms with Gasteiger partial charge in [-0.15, -0.1) is 0 Å². The van der Waals surface area contributed by atoms with E-state index in [2.05, 4.69) is 92.1 Å². The van der Waals surface area contributed by atoms with E-state index in [0.717, 1.165) is 64.2 Å². The molecule has 0 aliphatic rings. The number of aliphatic hydroxyl groups excluding tert-OH is 2. The first kappa shape index (κ1) is 69.6. The van der Waals surface area contributed by atoms with E-state index in [9.17, 15) is 15.0 Å². The van der Waals surface area contributed by atoms with Gasteiger partial charge in [0.25, 0.3) is 0 Å². The van der Waals surface area contributed by atoms with Gasteiger partial charge in [-0.2, -0.15) is 0 Å². The van der Waals surface area contributed by atoms with Crippen LogP contribution in [0.1, 0.15) is 322 Å². The van der Waals surface area contributed by atoms with Crippen molar-refractivity contribution in [2.75, 3.05) is 6.61 Å². The van der Waals surface area contributed by atoms with Crippen LogP contribution >= 0.6 is 0 Å². The maximum atomic E-state index is 12.5. The molecule has 0 saturated heterocycles. The Balaban J connectivity index is 3.52. The molecular formula is C68H123NO3. The van der Waals surface area contributed by atoms with E-state index >= 15 is 0 Å². The number of unbranched alkanes of at least 4 members (excludes halogenated alkanes) is 39. The van der Waals surface area contributed by atoms with E-state index in [4.69, 9.17) is 0 Å². The molecule has 0 aliphatic heterocycles. The van der Waals surface area contributed by atoms with Gasteiger partial charge in [0.15, 0.2) is 0 Å². The Kier molecular flexibility index (Phi) is 60.7. The fourth-order valence-corrected chi connectivity index (χ4v) is 9.58. The standard InChI is InChI=1S/C68H123NO3/c1-3-5-7-9-11-13-15-17-19-21-23-25-27-29-31-33-34-36-37-39-41-43-45-47-49-51-53-55-57-59-61-63-67(71)66(65-70)69-68(72)64-62-60-58-56-54-52-50-48-46-44-42-40-38-35-32-30-28-26-24-22-20-18-16-14-12-10-8-6-4-2/h6,8,12,14,18,20,24,26,30,32,53,55,61,63,66-67,70-71H,3-5,7,9-11,13,15-17,19,21-23,25,27-29,31,33-52,54,56-60,62,64-65H2,1-2H3,(H,69,72)/b8-6-,14-12-,20-18-,26-24-,32-30-,55-53+,63-61+. The second-order valence-corrected chi connectivity index (χ2v) is 21.4. The van der Waals surface area contributed by atoms with Crippen LogP contribution in [0.3, 0.4) is 0 Å². The lowest BCUT2D eigenvalue weighted by Crippen LogP contribution is -2.45. The third kappa shape index (κ3) is 58.5. The summed E-state index contributed by atoms with van der Waals surface area (Å²) in [5, 5.41) is 23.2. The number of rotatable bonds is 58. The van der Waals surface area contributed by atoms with Crippen molar-refractivity contribution in [2.45, 2.75) is 334 Å². The molecule has 418 valence electrons. The highest BCUT2D eigenvalue weighted by Gasteiger charge is 2.18. The van der Waals surface area contributed by atoms with Gasteiger partial charge in [0.1, 0.15) is 0 Å². The van der Waals surface area contributed by atoms with E-state index in [1.54, 1.807) is 6.08 Å². The van der Waals surface area contributed by atoms with Gasteiger partial charge in [0.05, 0.1) is 18.8 Å². The highest BCUT2D eigenvalue weighted by atomic mass is 16.3. The molecule has 0 spiro atoms. The molecule has 0 rings (SSSR count). The fraction of sp³-hybridized carbons (Fsp3) is 0.779. The number of allylic oxidation sites excluding steroid dienone is 13. The highest BCUT2D eigenvalue weighted by Crippen LogP contribution is 2.17. The number of nitrogens with one attached hydrogen (secondary N) is 1. The third-order valence-corrected chi connectivity index (χ3v) is 14.4. The fourth-order valence-electron chi connectivity index (χ4n) is 9.58. The van der Waals surface area contributed by atoms with Crippen LogP contribution in [0.15, 0.2) is 85.1 Å². The van der Waals surface area contributed by atoms with Gasteiger partial charge in [-0.05, 0) is 77.0 Å². The summed E-state index contributed by atoms with van der Waals surface area (Å²) in [4.78, 5) is 12.5. The van der Waals surface area contributed by atoms with Crippen LogP contribution in [0.4, 0.5) is 0 Å². The largest absolute Gasteiger partial charge is 0.394 e. The first-order valence-corrected chi connectivity index (χ1v) is 31.8. The zero-order chi connectivity index (χ0) is 52.0. The minimum Gasteiger partial charge on any atom is -0.394 e. The molecule has 2 unspecified atom stereocenters. The summed E-state index contributed by atoms with van der Waals surface area (Å²) in [6.07, 6.45) is 92.1. The van der Waals surface area contributed by atoms with Crippen molar-refractivity contribution in [1.29, 1.82) is 0 Å². The molecule has 1 amide bonds. The van der Waals surface area contributed by atoms with Gasteiger partial charge in [-0.1, -0.05) is 324 Å². The van der Waals surface area contributed by atoms with Crippen LogP contribution in [0.2, 0.25) is 0 Å². The lowest BCUT2D eigenvalue weighted by Gasteiger charge is -2.19. The molecule has 0 saturated carbocycles. The Morgan fingerprint density at radius 3 is 0.972 bits per heavy atom. The molecule has 0 heterocycles. The van der Waals surface area contributed by atoms with Crippen molar-refractivity contribution < 1.29 is 15.0 Å². The number of hydrogen-bond acceptors (Lipinski definition) is 3. The predicted molar refractivity (Wildman–Crippen MR) is 322 cm³/mol. The zero-order valence-corrected chi connectivity index (χ0v) is 48.2. The molecule has 72 heavy (non-hydrogen) atoms. The topological polar surface area (TPSA) is 69.6 Å². The quantitative estimate of drug-likeness (QED) is 0.0420. The lowest BCUT2D eigenvalue weighted by molar-refractivity contribution is -0.123. The predicted octanol–water partition coefficient (Wildman–Crippen LogP) is 21.5. The molecule has 0 aliphatic carbocycles. The molecule has 0 radical (unpaired) electrons. The van der Waals surface area contributed by atoms with Crippen LogP contribution in [0.25, 0.3) is 0 Å². The van der Waals surface area contributed by atoms with Gasteiger partial charge in [0, 0.05) is 6.42 Å². The normalized spacial score (nSPS) is 13.3. The first-order chi connectivity index (χ1) is 35.7. The van der Waals surface area contributed by atoms with Crippen LogP contribution in [0.5, 0.6) is 0 Å². The molecule has 0 aromatic rings. The average Bonchev–Trinajstić information content (AvgIpc) is 3.39. The Labute approximate surface area is 450 Å². The van der Waals surface area contributed by atoms with E-state index in [0.29, 0.717) is 6.42 Å². The SMILES string of the molecule is CC/C=C\C/C=C\C/C=C\C/C=C\C/C=C\CCCCCCCCCCCCCCCC(=O)NC(CO)C(O)/C=C/CC/C=C/CCCCCCCCCCCCCCCCCCCCCCCCCCC. The summed E-state index contributed by atoms with van der Waals surface area (Å²) in [7, 11) is 0. The van der Waals surface area contributed by atoms with Crippen molar-refractivity contribution in [3.63, 3.8) is 0 Å². The van der Waals surface area contributed by atoms with Crippen molar-refractivity contribution in [2.24, 2.45) is 0 Å². The van der Waals surface area contributed by atoms with Gasteiger partial charge >= 0.3 is 0 Å². The summed E-state index contributed by atoms with van der Waals surface area (Å²) in [6.45, 7) is 4.21. The molecule has 0 bridgehead atoms. The van der Waals surface area contributed by atoms with Crippen molar-refractivity contribution in [1.82, 2.24) is 5.32 Å². The second-order valence-electron chi connectivity index (χ2n) is 21.4. The summed E-state index contributed by atoms with van der Waals surface area (Å²) in [5.74, 6) is -0.0745. The van der Waals surface area contributed by atoms with E-state index < -0.39 is 12.1 Å². The summed E-state index contributed by atoms with van der Waals surface area (Å²) < 4.78 is 0. The average molecular weight is 1000 g/mol. The van der Waals surface area contributed by atoms with E-state index in [-0.39, 0.29) is 12.5 Å². The summed E-state index contributed by atoms with van der Waals surface area (Å²) in [5.41, 5.74) is 0. The van der Waals surface area contributed by atoms with Crippen molar-refractivity contribution in [3.8, 4) is 0 Å². The maximum Gasteiger partial charge on any atom is 0.220 e. The summed E-state index contributed by atoms with van der Waals surface area (Å²) >= 11 is 0. The zero-order valence-electron chi connectivity index (χ0n) is 48.2. The van der Waals surface area contributed by atoms with Gasteiger partial charge in [-0.3, -0.25) is 4.79 Å². The van der Waals surface area contributed by atoms with Crippen LogP contribution in [0, 0.1) is 0 Å². The number of aliphatic hydroxyl groups is 2. The summed E-state index contributed by atoms with van der Waals surface area (Å²) in [6, 6.07) is -0.646. The monoisotopic (exact) mass is 1000 g/mol. The molecule has 3 N–H and O–H groups in total.